The lowest BCUT2D eigenvalue weighted by Gasteiger charge is -2.74. The van der Waals surface area contributed by atoms with Crippen molar-refractivity contribution in [2.24, 2.45) is 34.5 Å². The number of nitrogens with zero attached hydrogens (tertiary/aromatic N) is 1. The number of anilines is 1. The number of carbonyl (C=O) groups excluding carboxylic acids is 2. The fraction of sp³-hybridized carbons (Fsp3) is 0.545. The highest BCUT2D eigenvalue weighted by atomic mass is 16.2. The minimum absolute atomic E-state index is 0.0565. The zero-order valence-electron chi connectivity index (χ0n) is 14.4. The van der Waals surface area contributed by atoms with Gasteiger partial charge in [0.15, 0.2) is 0 Å². The zero-order chi connectivity index (χ0) is 16.8. The Morgan fingerprint density at radius 1 is 0.760 bits per heavy atom. The molecule has 2 bridgehead atoms. The lowest BCUT2D eigenvalue weighted by molar-refractivity contribution is -0.232. The Morgan fingerprint density at radius 2 is 1.28 bits per heavy atom. The van der Waals surface area contributed by atoms with Crippen molar-refractivity contribution in [1.82, 2.24) is 0 Å². The second-order valence-electron chi connectivity index (χ2n) is 8.85. The van der Waals surface area contributed by atoms with Gasteiger partial charge in [0.1, 0.15) is 0 Å². The van der Waals surface area contributed by atoms with E-state index in [1.54, 1.807) is 0 Å². The summed E-state index contributed by atoms with van der Waals surface area (Å²) in [7, 11) is 0. The summed E-state index contributed by atoms with van der Waals surface area (Å²) in [5.74, 6) is 0.439. The van der Waals surface area contributed by atoms with Gasteiger partial charge in [0.2, 0.25) is 11.8 Å². The van der Waals surface area contributed by atoms with Gasteiger partial charge < -0.3 is 0 Å². The van der Waals surface area contributed by atoms with Crippen molar-refractivity contribution in [3.63, 3.8) is 0 Å². The molecule has 7 rings (SSSR count). The lowest BCUT2D eigenvalue weighted by Crippen LogP contribution is -2.69. The van der Waals surface area contributed by atoms with Gasteiger partial charge in [-0.2, -0.15) is 0 Å². The molecule has 1 aromatic rings. The molecule has 1 heterocycles. The number of imide groups is 1. The molecule has 0 radical (unpaired) electrons. The first-order valence-electron chi connectivity index (χ1n) is 9.81. The van der Waals surface area contributed by atoms with Gasteiger partial charge in [-0.05, 0) is 60.5 Å². The van der Waals surface area contributed by atoms with Gasteiger partial charge in [-0.1, -0.05) is 43.2 Å². The molecule has 6 atom stereocenters. The van der Waals surface area contributed by atoms with Crippen molar-refractivity contribution in [1.29, 1.82) is 0 Å². The smallest absolute Gasteiger partial charge is 0.238 e. The molecule has 0 unspecified atom stereocenters. The van der Waals surface area contributed by atoms with Crippen LogP contribution in [0.25, 0.3) is 0 Å². The zero-order valence-corrected chi connectivity index (χ0v) is 14.4. The molecule has 0 spiro atoms. The second-order valence-corrected chi connectivity index (χ2v) is 8.85. The van der Waals surface area contributed by atoms with Crippen LogP contribution in [-0.2, 0) is 9.59 Å². The van der Waals surface area contributed by atoms with Crippen molar-refractivity contribution >= 4 is 17.5 Å². The maximum atomic E-state index is 13.4. The van der Waals surface area contributed by atoms with E-state index in [0.717, 1.165) is 5.69 Å². The maximum Gasteiger partial charge on any atom is 0.238 e. The number of hydrogen-bond acceptors (Lipinski definition) is 2. The van der Waals surface area contributed by atoms with Crippen molar-refractivity contribution in [2.75, 3.05) is 4.90 Å². The average Bonchev–Trinajstić information content (AvgIpc) is 2.90. The van der Waals surface area contributed by atoms with E-state index in [4.69, 9.17) is 0 Å². The number of para-hydroxylation sites is 1. The number of benzene rings is 1. The molecule has 3 heteroatoms. The van der Waals surface area contributed by atoms with Crippen LogP contribution in [0.2, 0.25) is 0 Å². The van der Waals surface area contributed by atoms with E-state index in [1.807, 2.05) is 30.3 Å². The molecule has 3 nitrogen and oxygen atoms in total. The van der Waals surface area contributed by atoms with Crippen LogP contribution in [0.1, 0.15) is 38.5 Å². The molecule has 6 aliphatic rings. The highest BCUT2D eigenvalue weighted by Crippen LogP contribution is 2.79. The third-order valence-corrected chi connectivity index (χ3v) is 8.49. The molecule has 1 aromatic carbocycles. The average molecular weight is 333 g/mol. The third-order valence-electron chi connectivity index (χ3n) is 8.49. The van der Waals surface area contributed by atoms with Crippen molar-refractivity contribution in [3.8, 4) is 0 Å². The van der Waals surface area contributed by atoms with Crippen LogP contribution in [0.3, 0.4) is 0 Å². The maximum absolute atomic E-state index is 13.4. The van der Waals surface area contributed by atoms with E-state index in [9.17, 15) is 9.59 Å². The van der Waals surface area contributed by atoms with Crippen LogP contribution in [0.15, 0.2) is 42.5 Å². The Hall–Kier alpha value is -1.90. The normalized spacial score (nSPS) is 46.5. The molecule has 0 N–H and O–H groups in total. The third kappa shape index (κ3) is 1.39. The summed E-state index contributed by atoms with van der Waals surface area (Å²) >= 11 is 0. The largest absolute Gasteiger partial charge is 0.274 e. The number of hydrogen-bond donors (Lipinski definition) is 0. The number of rotatable bonds is 1. The molecule has 5 aliphatic carbocycles. The summed E-state index contributed by atoms with van der Waals surface area (Å²) in [5.41, 5.74) is 1.37. The van der Waals surface area contributed by atoms with Crippen LogP contribution < -0.4 is 4.90 Å². The Bertz CT molecular complexity index is 767. The molecule has 3 saturated carbocycles. The van der Waals surface area contributed by atoms with Crippen molar-refractivity contribution in [3.05, 3.63) is 42.5 Å². The summed E-state index contributed by atoms with van der Waals surface area (Å²) in [4.78, 5) is 28.2. The van der Waals surface area contributed by atoms with Gasteiger partial charge in [-0.25, -0.2) is 0 Å². The van der Waals surface area contributed by atoms with Gasteiger partial charge in [-0.3, -0.25) is 14.5 Å². The van der Waals surface area contributed by atoms with Crippen LogP contribution in [0.5, 0.6) is 0 Å². The molecule has 4 fully saturated rings. The number of allylic oxidation sites excluding steroid dienone is 2. The van der Waals surface area contributed by atoms with E-state index in [-0.39, 0.29) is 35.5 Å². The topological polar surface area (TPSA) is 37.4 Å². The Kier molecular flexibility index (Phi) is 2.53. The predicted octanol–water partition coefficient (Wildman–Crippen LogP) is 3.95. The molecular weight excluding hydrogens is 310 g/mol. The first kappa shape index (κ1) is 14.3. The second kappa shape index (κ2) is 4.44. The van der Waals surface area contributed by atoms with E-state index < -0.39 is 0 Å². The first-order valence-corrected chi connectivity index (χ1v) is 9.81. The molecular formula is C22H23NO2. The molecule has 25 heavy (non-hydrogen) atoms. The fourth-order valence-corrected chi connectivity index (χ4v) is 7.56. The first-order chi connectivity index (χ1) is 12.2. The summed E-state index contributed by atoms with van der Waals surface area (Å²) in [6.07, 6.45) is 12.3. The standard InChI is InChI=1S/C22H23NO2/c24-19-17-15-8-9-16(22-11-5-4-10-21(15,22)12-13-22)18(17)20(25)23(19)14-6-2-1-3-7-14/h1-3,6-9,15-18H,4-5,10-13H2/t15-,16-,17-,18+,21-,22+/m1/s1. The summed E-state index contributed by atoms with van der Waals surface area (Å²) in [6.45, 7) is 0. The lowest BCUT2D eigenvalue weighted by atomic mass is 9.29. The van der Waals surface area contributed by atoms with Gasteiger partial charge in [0.05, 0.1) is 17.5 Å². The summed E-state index contributed by atoms with van der Waals surface area (Å²) in [6, 6.07) is 9.53. The Morgan fingerprint density at radius 3 is 1.76 bits per heavy atom. The predicted molar refractivity (Wildman–Crippen MR) is 94.6 cm³/mol. The van der Waals surface area contributed by atoms with Gasteiger partial charge in [0, 0.05) is 0 Å². The quantitative estimate of drug-likeness (QED) is 0.576. The Balaban J connectivity index is 1.50. The molecule has 1 saturated heterocycles. The molecule has 1 aliphatic heterocycles. The summed E-state index contributed by atoms with van der Waals surface area (Å²) in [5, 5.41) is 0. The fourth-order valence-electron chi connectivity index (χ4n) is 7.56. The van der Waals surface area contributed by atoms with Gasteiger partial charge in [0.25, 0.3) is 0 Å². The molecule has 128 valence electrons. The highest BCUT2D eigenvalue weighted by Gasteiger charge is 2.76. The van der Waals surface area contributed by atoms with E-state index in [1.165, 1.54) is 43.4 Å². The minimum Gasteiger partial charge on any atom is -0.274 e. The van der Waals surface area contributed by atoms with Gasteiger partial charge >= 0.3 is 0 Å². The van der Waals surface area contributed by atoms with Crippen LogP contribution in [0.4, 0.5) is 5.69 Å². The van der Waals surface area contributed by atoms with Crippen molar-refractivity contribution < 1.29 is 9.59 Å². The highest BCUT2D eigenvalue weighted by molar-refractivity contribution is 6.22. The van der Waals surface area contributed by atoms with E-state index in [2.05, 4.69) is 12.2 Å². The van der Waals surface area contributed by atoms with E-state index in [0.29, 0.717) is 10.8 Å². The van der Waals surface area contributed by atoms with Crippen molar-refractivity contribution in [2.45, 2.75) is 38.5 Å². The number of amides is 2. The van der Waals surface area contributed by atoms with E-state index >= 15 is 0 Å². The number of carbonyl (C=O) groups is 2. The van der Waals surface area contributed by atoms with Crippen LogP contribution in [0, 0.1) is 34.5 Å². The minimum atomic E-state index is -0.116. The van der Waals surface area contributed by atoms with Crippen LogP contribution in [-0.4, -0.2) is 11.8 Å². The van der Waals surface area contributed by atoms with Crippen LogP contribution >= 0.6 is 0 Å². The molecule has 2 amide bonds. The Labute approximate surface area is 148 Å². The SMILES string of the molecule is O=C1[C@@H]2[C@H](C(=O)N1c1ccccc1)[C@H]1C=C[C@H]2[C@@]23CCCC[C@@]12CC3. The molecule has 0 aromatic heterocycles. The van der Waals surface area contributed by atoms with Gasteiger partial charge in [-0.15, -0.1) is 0 Å². The summed E-state index contributed by atoms with van der Waals surface area (Å²) < 4.78 is 0. The monoisotopic (exact) mass is 333 g/mol.